The van der Waals surface area contributed by atoms with E-state index in [-0.39, 0.29) is 91.0 Å². The van der Waals surface area contributed by atoms with Crippen molar-refractivity contribution in [1.29, 1.82) is 0 Å². The highest BCUT2D eigenvalue weighted by atomic mass is 16.6. The molecule has 0 aliphatic rings. The highest BCUT2D eigenvalue weighted by molar-refractivity contribution is 5.96. The molecule has 0 radical (unpaired) electrons. The summed E-state index contributed by atoms with van der Waals surface area (Å²) in [5.41, 5.74) is 4.24. The zero-order valence-electron chi connectivity index (χ0n) is 39.4. The van der Waals surface area contributed by atoms with Crippen LogP contribution >= 0.6 is 0 Å². The lowest BCUT2D eigenvalue weighted by atomic mass is 10.1. The van der Waals surface area contributed by atoms with E-state index < -0.39 is 17.5 Å². The molecule has 0 aromatic heterocycles. The number of carbonyl (C=O) groups excluding carboxylic acids is 2. The molecule has 10 heteroatoms. The van der Waals surface area contributed by atoms with Gasteiger partial charge in [0.1, 0.15) is 50.8 Å². The Bertz CT molecular complexity index is 2920. The van der Waals surface area contributed by atoms with Crippen molar-refractivity contribution >= 4 is 11.9 Å². The Balaban J connectivity index is 1.34. The van der Waals surface area contributed by atoms with Crippen molar-refractivity contribution in [1.82, 2.24) is 0 Å². The molecule has 0 amide bonds. The molecule has 70 heavy (non-hydrogen) atoms. The van der Waals surface area contributed by atoms with Crippen molar-refractivity contribution in [3.05, 3.63) is 245 Å². The third kappa shape index (κ3) is 13.6. The van der Waals surface area contributed by atoms with E-state index in [4.69, 9.17) is 37.9 Å². The van der Waals surface area contributed by atoms with E-state index in [9.17, 15) is 9.59 Å². The minimum absolute atomic E-state index is 0.0102. The van der Waals surface area contributed by atoms with Gasteiger partial charge in [-0.05, 0) is 66.3 Å². The number of carbonyl (C=O) groups is 2. The number of ether oxygens (including phenoxy) is 8. The van der Waals surface area contributed by atoms with Crippen molar-refractivity contribution in [3.8, 4) is 40.2 Å². The Morgan fingerprint density at radius 3 is 1.11 bits per heavy atom. The molecule has 0 atom stereocenters. The van der Waals surface area contributed by atoms with Gasteiger partial charge in [0.25, 0.3) is 0 Å². The minimum Gasteiger partial charge on any atom is -0.485 e. The normalized spacial score (nSPS) is 11.0. The molecule has 354 valence electrons. The second-order valence-electron chi connectivity index (χ2n) is 17.2. The van der Waals surface area contributed by atoms with E-state index in [0.717, 1.165) is 33.4 Å². The van der Waals surface area contributed by atoms with Crippen LogP contribution in [-0.4, -0.2) is 17.5 Å². The fourth-order valence-electron chi connectivity index (χ4n) is 7.15. The maximum atomic E-state index is 14.8. The molecule has 0 saturated carbocycles. The van der Waals surface area contributed by atoms with E-state index in [1.807, 2.05) is 182 Å². The van der Waals surface area contributed by atoms with Gasteiger partial charge in [0.15, 0.2) is 23.0 Å². The van der Waals surface area contributed by atoms with Gasteiger partial charge in [0.2, 0.25) is 17.2 Å². The molecule has 8 rings (SSSR count). The zero-order chi connectivity index (χ0) is 48.5. The molecule has 0 bridgehead atoms. The lowest BCUT2D eigenvalue weighted by molar-refractivity contribution is 0.00681. The van der Waals surface area contributed by atoms with Crippen LogP contribution in [-0.2, 0) is 49.1 Å². The lowest BCUT2D eigenvalue weighted by Crippen LogP contribution is -2.24. The number of benzene rings is 8. The largest absolute Gasteiger partial charge is 0.485 e. The lowest BCUT2D eigenvalue weighted by Gasteiger charge is -2.24. The van der Waals surface area contributed by atoms with Gasteiger partial charge < -0.3 is 37.9 Å². The highest BCUT2D eigenvalue weighted by Crippen LogP contribution is 2.52. The van der Waals surface area contributed by atoms with Crippen LogP contribution in [0.15, 0.2) is 200 Å². The van der Waals surface area contributed by atoms with Gasteiger partial charge >= 0.3 is 11.9 Å². The van der Waals surface area contributed by atoms with Crippen molar-refractivity contribution in [3.63, 3.8) is 0 Å². The topological polar surface area (TPSA) is 108 Å². The fourth-order valence-corrected chi connectivity index (χ4v) is 7.15. The Hall–Kier alpha value is -8.50. The van der Waals surface area contributed by atoms with Crippen LogP contribution < -0.4 is 28.4 Å². The highest BCUT2D eigenvalue weighted by Gasteiger charge is 2.32. The van der Waals surface area contributed by atoms with Crippen molar-refractivity contribution < 1.29 is 47.5 Å². The summed E-state index contributed by atoms with van der Waals surface area (Å²) in [5, 5.41) is 0. The van der Waals surface area contributed by atoms with Gasteiger partial charge in [0.05, 0.1) is 5.56 Å². The first kappa shape index (κ1) is 48.0. The first-order valence-electron chi connectivity index (χ1n) is 23.0. The van der Waals surface area contributed by atoms with Crippen LogP contribution in [0.25, 0.3) is 0 Å². The molecule has 0 spiro atoms. The van der Waals surface area contributed by atoms with Crippen LogP contribution in [0.1, 0.15) is 74.9 Å². The van der Waals surface area contributed by atoms with Crippen LogP contribution in [0.5, 0.6) is 40.2 Å². The molecule has 0 aliphatic heterocycles. The average molecular weight is 935 g/mol. The van der Waals surface area contributed by atoms with Crippen molar-refractivity contribution in [2.24, 2.45) is 0 Å². The van der Waals surface area contributed by atoms with E-state index in [2.05, 4.69) is 0 Å². The van der Waals surface area contributed by atoms with Gasteiger partial charge in [-0.2, -0.15) is 0 Å². The Labute approximate surface area is 408 Å². The Morgan fingerprint density at radius 1 is 0.357 bits per heavy atom. The van der Waals surface area contributed by atoms with Crippen LogP contribution in [0, 0.1) is 0 Å². The summed E-state index contributed by atoms with van der Waals surface area (Å²) in [4.78, 5) is 28.9. The van der Waals surface area contributed by atoms with E-state index in [1.165, 1.54) is 12.1 Å². The molecule has 0 aliphatic carbocycles. The summed E-state index contributed by atoms with van der Waals surface area (Å²) >= 11 is 0. The first-order valence-corrected chi connectivity index (χ1v) is 23.0. The Morgan fingerprint density at radius 2 is 0.700 bits per heavy atom. The van der Waals surface area contributed by atoms with Crippen molar-refractivity contribution in [2.75, 3.05) is 0 Å². The van der Waals surface area contributed by atoms with Crippen molar-refractivity contribution in [2.45, 2.75) is 66.0 Å². The first-order chi connectivity index (χ1) is 34.1. The second kappa shape index (κ2) is 23.5. The third-order valence-corrected chi connectivity index (χ3v) is 10.6. The van der Waals surface area contributed by atoms with Gasteiger partial charge in [-0.15, -0.1) is 0 Å². The van der Waals surface area contributed by atoms with Gasteiger partial charge in [-0.25, -0.2) is 9.59 Å². The fraction of sp³-hybridized carbons (Fsp3) is 0.167. The SMILES string of the molecule is CC(C)(C)OC(=O)c1cc(OCc2ccccc2)c(OCc2ccccc2)c(Oc2c(C(=O)OCc3ccccc3)cc(OCc3ccccc3)c(OCc3ccccc3)c2OCc2ccccc2)c1. The van der Waals surface area contributed by atoms with Gasteiger partial charge in [-0.3, -0.25) is 0 Å². The van der Waals surface area contributed by atoms with Crippen LogP contribution in [0.4, 0.5) is 0 Å². The molecule has 8 aromatic rings. The molecular weight excluding hydrogens is 881 g/mol. The predicted octanol–water partition coefficient (Wildman–Crippen LogP) is 13.7. The van der Waals surface area contributed by atoms with E-state index >= 15 is 0 Å². The summed E-state index contributed by atoms with van der Waals surface area (Å²) in [6, 6.07) is 62.1. The number of hydrogen-bond acceptors (Lipinski definition) is 10. The quantitative estimate of drug-likeness (QED) is 0.0646. The number of esters is 2. The van der Waals surface area contributed by atoms with E-state index in [0.29, 0.717) is 0 Å². The van der Waals surface area contributed by atoms with Gasteiger partial charge in [0, 0.05) is 6.07 Å². The minimum atomic E-state index is -0.847. The molecular formula is C60H54O10. The number of rotatable bonds is 21. The maximum Gasteiger partial charge on any atom is 0.342 e. The molecule has 0 heterocycles. The molecule has 10 nitrogen and oxygen atoms in total. The standard InChI is InChI=1S/C60H54O10/c1-60(2,3)70-58(61)49-34-51(63-37-43-22-10-4-11-23-43)55(65-39-45-26-14-6-15-27-45)53(35-49)69-54-50(59(62)68-42-48-32-20-9-21-33-48)36-52(64-38-44-24-12-5-13-25-44)56(66-40-46-28-16-7-17-29-46)57(54)67-41-47-30-18-8-19-31-47/h4-36H,37-42H2,1-3H3. The second-order valence-corrected chi connectivity index (χ2v) is 17.2. The summed E-state index contributed by atoms with van der Waals surface area (Å²) in [7, 11) is 0. The van der Waals surface area contributed by atoms with E-state index in [1.54, 1.807) is 26.8 Å². The molecule has 8 aromatic carbocycles. The smallest absolute Gasteiger partial charge is 0.342 e. The summed E-state index contributed by atoms with van der Waals surface area (Å²) < 4.78 is 52.4. The molecule has 0 saturated heterocycles. The summed E-state index contributed by atoms with van der Waals surface area (Å²) in [6.07, 6.45) is 0. The predicted molar refractivity (Wildman–Crippen MR) is 268 cm³/mol. The monoisotopic (exact) mass is 934 g/mol. The van der Waals surface area contributed by atoms with Gasteiger partial charge in [-0.1, -0.05) is 182 Å². The summed E-state index contributed by atoms with van der Waals surface area (Å²) in [5.74, 6) is -0.783. The summed E-state index contributed by atoms with van der Waals surface area (Å²) in [6.45, 7) is 5.76. The Kier molecular flexibility index (Phi) is 16.1. The molecule has 0 unspecified atom stereocenters. The molecule has 0 fully saturated rings. The van der Waals surface area contributed by atoms with Crippen LogP contribution in [0.3, 0.4) is 0 Å². The maximum absolute atomic E-state index is 14.8. The molecule has 0 N–H and O–H groups in total. The third-order valence-electron chi connectivity index (χ3n) is 10.6. The average Bonchev–Trinajstić information content (AvgIpc) is 3.39. The zero-order valence-corrected chi connectivity index (χ0v) is 39.4. The van der Waals surface area contributed by atoms with Crippen LogP contribution in [0.2, 0.25) is 0 Å². The number of hydrogen-bond donors (Lipinski definition) is 0.